The molecule has 14 nitrogen and oxygen atoms in total. The molecule has 0 aromatic heterocycles. The second-order valence-electron chi connectivity index (χ2n) is 10.1. The van der Waals surface area contributed by atoms with Crippen molar-refractivity contribution in [3.63, 3.8) is 0 Å². The third kappa shape index (κ3) is 6.89. The first kappa shape index (κ1) is 32.2. The van der Waals surface area contributed by atoms with Crippen LogP contribution < -0.4 is 18.9 Å². The van der Waals surface area contributed by atoms with Crippen LogP contribution in [0, 0.1) is 0 Å². The minimum absolute atomic E-state index is 0.0236. The van der Waals surface area contributed by atoms with Crippen LogP contribution in [0.4, 0.5) is 0 Å². The summed E-state index contributed by atoms with van der Waals surface area (Å²) < 4.78 is 33.6. The van der Waals surface area contributed by atoms with Crippen molar-refractivity contribution in [2.24, 2.45) is 0 Å². The van der Waals surface area contributed by atoms with E-state index in [1.54, 1.807) is 19.2 Å². The number of benzene rings is 2. The quantitative estimate of drug-likeness (QED) is 0.138. The van der Waals surface area contributed by atoms with Crippen LogP contribution in [0.1, 0.15) is 11.1 Å². The summed E-state index contributed by atoms with van der Waals surface area (Å²) in [5, 5.41) is 80.9. The van der Waals surface area contributed by atoms with Gasteiger partial charge >= 0.3 is 0 Å². The molecule has 234 valence electrons. The molecule has 0 aliphatic carbocycles. The number of ether oxygens (including phenoxy) is 6. The Morgan fingerprint density at radius 1 is 0.619 bits per heavy atom. The van der Waals surface area contributed by atoms with E-state index in [0.717, 1.165) is 5.56 Å². The second kappa shape index (κ2) is 14.1. The molecule has 2 aromatic rings. The highest BCUT2D eigenvalue weighted by Gasteiger charge is 2.46. The lowest BCUT2D eigenvalue weighted by Gasteiger charge is -2.40. The zero-order valence-electron chi connectivity index (χ0n) is 23.1. The van der Waals surface area contributed by atoms with Crippen LogP contribution in [0.5, 0.6) is 23.0 Å². The second-order valence-corrected chi connectivity index (χ2v) is 10.1. The summed E-state index contributed by atoms with van der Waals surface area (Å²) >= 11 is 0. The molecule has 2 aliphatic rings. The maximum Gasteiger partial charge on any atom is 0.229 e. The molecular weight excluding hydrogens is 560 g/mol. The molecule has 8 N–H and O–H groups in total. The van der Waals surface area contributed by atoms with E-state index in [1.165, 1.54) is 7.11 Å². The molecule has 0 saturated carbocycles. The molecule has 10 atom stereocenters. The van der Waals surface area contributed by atoms with Crippen molar-refractivity contribution in [2.75, 3.05) is 27.4 Å². The largest absolute Gasteiger partial charge is 0.497 e. The number of aliphatic hydroxyl groups excluding tert-OH is 8. The molecule has 2 aromatic carbocycles. The summed E-state index contributed by atoms with van der Waals surface area (Å²) in [5.41, 5.74) is 1.58. The Kier molecular flexibility index (Phi) is 10.8. The van der Waals surface area contributed by atoms with Gasteiger partial charge in [0.2, 0.25) is 18.3 Å². The summed E-state index contributed by atoms with van der Waals surface area (Å²) in [4.78, 5) is 0. The maximum atomic E-state index is 10.5. The van der Waals surface area contributed by atoms with Gasteiger partial charge in [0.05, 0.1) is 27.4 Å². The number of hydrogen-bond acceptors (Lipinski definition) is 14. The van der Waals surface area contributed by atoms with Gasteiger partial charge in [-0.25, -0.2) is 0 Å². The van der Waals surface area contributed by atoms with Gasteiger partial charge in [0.25, 0.3) is 0 Å². The Labute approximate surface area is 241 Å². The normalized spacial score (nSPS) is 33.2. The molecule has 14 heteroatoms. The number of aliphatic hydroxyl groups is 8. The van der Waals surface area contributed by atoms with Crippen molar-refractivity contribution in [1.29, 1.82) is 0 Å². The van der Waals surface area contributed by atoms with Gasteiger partial charge in [0, 0.05) is 0 Å². The molecule has 42 heavy (non-hydrogen) atoms. The molecule has 0 bridgehead atoms. The Hall–Kier alpha value is -2.76. The number of methoxy groups -OCH3 is 2. The number of aryl methyl sites for hydroxylation is 2. The summed E-state index contributed by atoms with van der Waals surface area (Å²) in [7, 11) is 2.86. The first-order valence-electron chi connectivity index (χ1n) is 13.4. The maximum absolute atomic E-state index is 10.5. The Morgan fingerprint density at radius 2 is 1.12 bits per heavy atom. The summed E-state index contributed by atoms with van der Waals surface area (Å²) in [6.45, 7) is -1.32. The minimum Gasteiger partial charge on any atom is -0.497 e. The Balaban J connectivity index is 1.67. The molecule has 0 unspecified atom stereocenters. The van der Waals surface area contributed by atoms with E-state index < -0.39 is 74.6 Å². The Morgan fingerprint density at radius 3 is 1.57 bits per heavy atom. The van der Waals surface area contributed by atoms with Crippen LogP contribution in [0.2, 0.25) is 0 Å². The lowest BCUT2D eigenvalue weighted by molar-refractivity contribution is -0.279. The van der Waals surface area contributed by atoms with Crippen molar-refractivity contribution >= 4 is 0 Å². The van der Waals surface area contributed by atoms with Crippen molar-refractivity contribution < 1.29 is 69.3 Å². The molecular formula is C28H38O14. The molecule has 4 rings (SSSR count). The lowest BCUT2D eigenvalue weighted by atomic mass is 9.99. The fourth-order valence-corrected chi connectivity index (χ4v) is 4.85. The third-order valence-electron chi connectivity index (χ3n) is 7.30. The van der Waals surface area contributed by atoms with E-state index in [-0.39, 0.29) is 17.2 Å². The first-order valence-corrected chi connectivity index (χ1v) is 13.4. The molecule has 2 fully saturated rings. The highest BCUT2D eigenvalue weighted by Crippen LogP contribution is 2.42. The zero-order valence-corrected chi connectivity index (χ0v) is 23.1. The average Bonchev–Trinajstić information content (AvgIpc) is 3.00. The highest BCUT2D eigenvalue weighted by molar-refractivity contribution is 5.54. The predicted molar refractivity (Wildman–Crippen MR) is 142 cm³/mol. The standard InChI is InChI=1S/C28H38O14/c1-37-15-5-3-4-13(8-15)6-7-14-9-16(39-27-24(35)22(33)20(31)18(11-29)41-27)26(38-2)17(10-14)40-28-25(36)23(34)21(32)19(12-30)42-28/h3-5,8-10,18-25,27-36H,6-7,11-12H2,1-2H3/t18-,19-,20-,21-,22+,23+,24-,25-,27-,28-/m1/s1. The van der Waals surface area contributed by atoms with Crippen molar-refractivity contribution in [3.05, 3.63) is 47.5 Å². The number of hydrogen-bond donors (Lipinski definition) is 8. The van der Waals surface area contributed by atoms with E-state index in [2.05, 4.69) is 0 Å². The summed E-state index contributed by atoms with van der Waals surface area (Å²) in [5.74, 6) is 0.587. The summed E-state index contributed by atoms with van der Waals surface area (Å²) in [6.07, 6.45) is -14.5. The van der Waals surface area contributed by atoms with E-state index >= 15 is 0 Å². The SMILES string of the molecule is COc1cccc(CCc2cc(O[C@@H]3O[C@H](CO)[C@@H](O)[C@H](O)[C@H]3O)c(OC)c(O[C@@H]3O[C@H](CO)[C@@H](O)[C@H](O)[C@H]3O)c2)c1. The van der Waals surface area contributed by atoms with Crippen LogP contribution in [-0.4, -0.2) is 130 Å². The van der Waals surface area contributed by atoms with Gasteiger partial charge in [0.15, 0.2) is 11.5 Å². The lowest BCUT2D eigenvalue weighted by Crippen LogP contribution is -2.60. The average molecular weight is 599 g/mol. The molecule has 0 spiro atoms. The summed E-state index contributed by atoms with van der Waals surface area (Å²) in [6, 6.07) is 10.6. The zero-order chi connectivity index (χ0) is 30.6. The van der Waals surface area contributed by atoms with Crippen LogP contribution >= 0.6 is 0 Å². The van der Waals surface area contributed by atoms with Crippen LogP contribution in [-0.2, 0) is 22.3 Å². The van der Waals surface area contributed by atoms with Gasteiger partial charge < -0.3 is 69.3 Å². The van der Waals surface area contributed by atoms with E-state index in [1.807, 2.05) is 24.3 Å². The smallest absolute Gasteiger partial charge is 0.229 e. The van der Waals surface area contributed by atoms with E-state index in [4.69, 9.17) is 28.4 Å². The fraction of sp³-hybridized carbons (Fsp3) is 0.571. The van der Waals surface area contributed by atoms with Gasteiger partial charge in [-0.1, -0.05) is 12.1 Å². The van der Waals surface area contributed by atoms with Gasteiger partial charge in [-0.15, -0.1) is 0 Å². The molecule has 0 radical (unpaired) electrons. The molecule has 2 aliphatic heterocycles. The molecule has 2 heterocycles. The van der Waals surface area contributed by atoms with Crippen molar-refractivity contribution in [1.82, 2.24) is 0 Å². The monoisotopic (exact) mass is 598 g/mol. The highest BCUT2D eigenvalue weighted by atomic mass is 16.7. The van der Waals surface area contributed by atoms with Gasteiger partial charge in [-0.05, 0) is 48.2 Å². The Bertz CT molecular complexity index is 1100. The molecule has 2 saturated heterocycles. The minimum atomic E-state index is -1.71. The molecule has 0 amide bonds. The topological polar surface area (TPSA) is 217 Å². The fourth-order valence-electron chi connectivity index (χ4n) is 4.85. The van der Waals surface area contributed by atoms with Crippen molar-refractivity contribution in [2.45, 2.75) is 74.3 Å². The predicted octanol–water partition coefficient (Wildman–Crippen LogP) is -2.15. The first-order chi connectivity index (χ1) is 20.1. The van der Waals surface area contributed by atoms with Crippen LogP contribution in [0.15, 0.2) is 36.4 Å². The van der Waals surface area contributed by atoms with E-state index in [9.17, 15) is 40.9 Å². The van der Waals surface area contributed by atoms with Gasteiger partial charge in [0.1, 0.15) is 54.6 Å². The van der Waals surface area contributed by atoms with Gasteiger partial charge in [-0.3, -0.25) is 0 Å². The number of rotatable bonds is 11. The van der Waals surface area contributed by atoms with E-state index in [0.29, 0.717) is 24.2 Å². The van der Waals surface area contributed by atoms with Crippen LogP contribution in [0.25, 0.3) is 0 Å². The van der Waals surface area contributed by atoms with Crippen molar-refractivity contribution in [3.8, 4) is 23.0 Å². The third-order valence-corrected chi connectivity index (χ3v) is 7.30. The van der Waals surface area contributed by atoms with Gasteiger partial charge in [-0.2, -0.15) is 0 Å². The van der Waals surface area contributed by atoms with Crippen LogP contribution in [0.3, 0.4) is 0 Å².